The molecule has 0 radical (unpaired) electrons. The quantitative estimate of drug-likeness (QED) is 0.0931. The monoisotopic (exact) mass is 926 g/mol. The molecule has 1 aliphatic heterocycles. The first kappa shape index (κ1) is 47.8. The first-order chi connectivity index (χ1) is 29.4. The van der Waals surface area contributed by atoms with Gasteiger partial charge in [-0.1, -0.05) is 13.5 Å². The van der Waals surface area contributed by atoms with Crippen LogP contribution in [0.2, 0.25) is 0 Å². The zero-order valence-electron chi connectivity index (χ0n) is 35.2. The van der Waals surface area contributed by atoms with Crippen molar-refractivity contribution in [3.8, 4) is 12.1 Å². The van der Waals surface area contributed by atoms with Crippen LogP contribution in [0, 0.1) is 34.5 Å². The predicted octanol–water partition coefficient (Wildman–Crippen LogP) is 6.45. The molecule has 3 aliphatic rings. The number of nitrogens with zero attached hydrogens (tertiary/aromatic N) is 6. The molecule has 7 rings (SSSR count). The summed E-state index contributed by atoms with van der Waals surface area (Å²) in [6, 6.07) is 14.5. The molecule has 332 valence electrons. The van der Waals surface area contributed by atoms with E-state index in [1.165, 1.54) is 14.2 Å². The molecule has 0 spiro atoms. The second kappa shape index (κ2) is 19.4. The third-order valence-electron chi connectivity index (χ3n) is 11.8. The summed E-state index contributed by atoms with van der Waals surface area (Å²) >= 11 is 3.31. The largest absolute Gasteiger partial charge is 0.495 e. The molecule has 2 aromatic heterocycles. The van der Waals surface area contributed by atoms with Crippen molar-refractivity contribution in [1.82, 2.24) is 19.6 Å². The van der Waals surface area contributed by atoms with Crippen LogP contribution in [0.15, 0.2) is 53.3 Å². The van der Waals surface area contributed by atoms with Gasteiger partial charge in [-0.15, -0.1) is 0 Å². The fraction of sp³-hybridized carbons (Fsp3) is 0.442. The van der Waals surface area contributed by atoms with E-state index in [-0.39, 0.29) is 59.7 Å². The third-order valence-corrected chi connectivity index (χ3v) is 12.5. The van der Waals surface area contributed by atoms with Gasteiger partial charge in [0.1, 0.15) is 11.1 Å². The molecule has 2 amide bonds. The molecular formula is C43H52BBrN10O8. The first-order valence-corrected chi connectivity index (χ1v) is 20.8. The van der Waals surface area contributed by atoms with Crippen molar-refractivity contribution in [2.24, 2.45) is 23.3 Å². The van der Waals surface area contributed by atoms with Crippen molar-refractivity contribution in [2.75, 3.05) is 24.9 Å². The molecule has 2 aliphatic carbocycles. The van der Waals surface area contributed by atoms with Gasteiger partial charge in [0.2, 0.25) is 0 Å². The lowest BCUT2D eigenvalue weighted by Gasteiger charge is -2.32. The second-order valence-corrected chi connectivity index (χ2v) is 17.1. The summed E-state index contributed by atoms with van der Waals surface area (Å²) in [5.74, 6) is -2.10. The molecule has 18 nitrogen and oxygen atoms in total. The number of carbonyl (C=O) groups is 4. The molecule has 2 unspecified atom stereocenters. The topological polar surface area (TPSA) is 265 Å². The normalized spacial score (nSPS) is 20.6. The first-order valence-electron chi connectivity index (χ1n) is 20.0. The van der Waals surface area contributed by atoms with E-state index in [1.54, 1.807) is 58.2 Å². The molecule has 4 atom stereocenters. The molecule has 4 aromatic rings. The van der Waals surface area contributed by atoms with Gasteiger partial charge in [0.05, 0.1) is 72.6 Å². The molecule has 2 aromatic carbocycles. The minimum atomic E-state index is -0.756. The van der Waals surface area contributed by atoms with Gasteiger partial charge < -0.3 is 40.9 Å². The Labute approximate surface area is 374 Å². The molecule has 1 saturated heterocycles. The highest BCUT2D eigenvalue weighted by atomic mass is 79.9. The Hall–Kier alpha value is -6.22. The van der Waals surface area contributed by atoms with Gasteiger partial charge in [-0.3, -0.25) is 19.0 Å². The number of amides is 2. The number of nitrogens with two attached hydrogens (primary N) is 2. The van der Waals surface area contributed by atoms with Crippen LogP contribution >= 0.6 is 15.9 Å². The van der Waals surface area contributed by atoms with Gasteiger partial charge in [0.15, 0.2) is 11.6 Å². The minimum Gasteiger partial charge on any atom is -0.465 e. The lowest BCUT2D eigenvalue weighted by Crippen LogP contribution is -2.41. The summed E-state index contributed by atoms with van der Waals surface area (Å²) in [5, 5.41) is 33.9. The van der Waals surface area contributed by atoms with Crippen LogP contribution in [-0.4, -0.2) is 75.9 Å². The summed E-state index contributed by atoms with van der Waals surface area (Å²) < 4.78 is 25.9. The molecule has 0 bridgehead atoms. The van der Waals surface area contributed by atoms with Crippen molar-refractivity contribution in [1.29, 1.82) is 10.5 Å². The number of rotatable bonds is 11. The van der Waals surface area contributed by atoms with Crippen molar-refractivity contribution < 1.29 is 38.0 Å². The predicted molar refractivity (Wildman–Crippen MR) is 238 cm³/mol. The summed E-state index contributed by atoms with van der Waals surface area (Å²) in [6.45, 7) is 7.74. The van der Waals surface area contributed by atoms with Crippen LogP contribution in [0.4, 0.5) is 23.0 Å². The Bertz CT molecular complexity index is 2460. The molecule has 20 heteroatoms. The summed E-state index contributed by atoms with van der Waals surface area (Å²) in [6.07, 6.45) is 8.22. The summed E-state index contributed by atoms with van der Waals surface area (Å²) in [4.78, 5) is 48.5. The third kappa shape index (κ3) is 10.0. The number of primary amides is 2. The maximum Gasteiger partial charge on any atom is 0.495 e. The zero-order chi connectivity index (χ0) is 45.1. The number of carbonyl (C=O) groups excluding carboxylic acids is 4. The van der Waals surface area contributed by atoms with Crippen LogP contribution in [0.3, 0.4) is 0 Å². The van der Waals surface area contributed by atoms with Gasteiger partial charge in [0, 0.05) is 28.2 Å². The van der Waals surface area contributed by atoms with E-state index in [4.69, 9.17) is 30.2 Å². The average molecular weight is 928 g/mol. The van der Waals surface area contributed by atoms with Crippen molar-refractivity contribution >= 4 is 75.3 Å². The number of halogens is 1. The highest BCUT2D eigenvalue weighted by molar-refractivity contribution is 9.10. The lowest BCUT2D eigenvalue weighted by atomic mass is 9.75. The van der Waals surface area contributed by atoms with Gasteiger partial charge in [-0.2, -0.15) is 20.7 Å². The number of hydrogen-bond donors (Lipinski definition) is 4. The fourth-order valence-corrected chi connectivity index (χ4v) is 8.13. The van der Waals surface area contributed by atoms with E-state index in [2.05, 4.69) is 48.9 Å². The molecule has 2 saturated carbocycles. The Morgan fingerprint density at radius 2 is 1.17 bits per heavy atom. The minimum absolute atomic E-state index is 0. The van der Waals surface area contributed by atoms with Gasteiger partial charge in [0.25, 0.3) is 11.8 Å². The van der Waals surface area contributed by atoms with Gasteiger partial charge in [-0.05, 0) is 118 Å². The van der Waals surface area contributed by atoms with Crippen LogP contribution in [0.5, 0.6) is 0 Å². The SMILES string of the molecule is C.COC(=O)c1cc(Nc2nn(C3CCC[C@@H]3C#N)cc2C(N)=O)ccc1B1OC(C)(C)C(C)(C)O1.COC(=O)c1cc(Nc2nn(C3CCC[C@@H]3C#N)cc2C(N)=O)ccc1Br. The molecule has 3 fully saturated rings. The van der Waals surface area contributed by atoms with Crippen LogP contribution < -0.4 is 27.6 Å². The number of nitrogens with one attached hydrogen (secondary N) is 2. The smallest absolute Gasteiger partial charge is 0.465 e. The maximum atomic E-state index is 12.7. The Balaban J connectivity index is 0.000000242. The standard InChI is InChI=1S/C24H30BN5O5.C18H18BrN5O3.CH4/c1-23(2)24(3,4)35-25(34-23)18-10-9-15(11-16(18)22(32)33-5)28-21-17(20(27)31)13-30(29-21)19-8-6-7-14(19)12-26;1-27-18(26)12-7-11(5-6-14(12)19)22-17-13(16(21)25)9-24(23-17)15-4-2-3-10(15)8-20;/h9-11,13-14,19H,6-8H2,1-5H3,(H2,27,31)(H,28,29);5-7,9-10,15H,2-4H2,1H3,(H2,21,25)(H,22,23);1H4/t14-,19?;10-,15?;/m11./s1. The zero-order valence-corrected chi connectivity index (χ0v) is 36.8. The number of anilines is 4. The van der Waals surface area contributed by atoms with Crippen LogP contribution in [0.25, 0.3) is 0 Å². The van der Waals surface area contributed by atoms with E-state index >= 15 is 0 Å². The Morgan fingerprint density at radius 3 is 1.60 bits per heavy atom. The van der Waals surface area contributed by atoms with Crippen LogP contribution in [0.1, 0.15) is 127 Å². The Kier molecular flexibility index (Phi) is 14.8. The van der Waals surface area contributed by atoms with E-state index in [0.29, 0.717) is 26.9 Å². The van der Waals surface area contributed by atoms with E-state index in [9.17, 15) is 29.7 Å². The highest BCUT2D eigenvalue weighted by Crippen LogP contribution is 2.39. The lowest BCUT2D eigenvalue weighted by molar-refractivity contribution is 0.00578. The van der Waals surface area contributed by atoms with Crippen molar-refractivity contribution in [3.05, 3.63) is 75.5 Å². The number of benzene rings is 2. The van der Waals surface area contributed by atoms with E-state index < -0.39 is 42.1 Å². The number of esters is 2. The number of aromatic nitrogens is 4. The Morgan fingerprint density at radius 1 is 0.746 bits per heavy atom. The van der Waals surface area contributed by atoms with Crippen molar-refractivity contribution in [2.45, 2.75) is 96.9 Å². The molecular weight excluding hydrogens is 875 g/mol. The summed E-state index contributed by atoms with van der Waals surface area (Å²) in [5.41, 5.74) is 12.5. The fourth-order valence-electron chi connectivity index (χ4n) is 7.72. The van der Waals surface area contributed by atoms with E-state index in [0.717, 1.165) is 38.5 Å². The number of hydrogen-bond acceptors (Lipinski definition) is 14. The van der Waals surface area contributed by atoms with Gasteiger partial charge in [-0.25, -0.2) is 9.59 Å². The molecule has 63 heavy (non-hydrogen) atoms. The average Bonchev–Trinajstić information content (AvgIpc) is 4.08. The highest BCUT2D eigenvalue weighted by Gasteiger charge is 2.52. The summed E-state index contributed by atoms with van der Waals surface area (Å²) in [7, 11) is 1.85. The number of methoxy groups -OCH3 is 2. The van der Waals surface area contributed by atoms with E-state index in [1.807, 2.05) is 27.7 Å². The van der Waals surface area contributed by atoms with Crippen molar-refractivity contribution in [3.63, 3.8) is 0 Å². The van der Waals surface area contributed by atoms with Crippen LogP contribution in [-0.2, 0) is 18.8 Å². The molecule has 3 heterocycles. The second-order valence-electron chi connectivity index (χ2n) is 16.3. The number of ether oxygens (including phenoxy) is 2. The maximum absolute atomic E-state index is 12.7. The van der Waals surface area contributed by atoms with Gasteiger partial charge >= 0.3 is 19.1 Å². The number of nitriles is 2. The molecule has 6 N–H and O–H groups in total.